The van der Waals surface area contributed by atoms with Gasteiger partial charge in [0, 0.05) is 12.6 Å². The lowest BCUT2D eigenvalue weighted by Gasteiger charge is -2.16. The molecule has 106 valence electrons. The molecule has 0 fully saturated rings. The fraction of sp³-hybridized carbons (Fsp3) is 0.333. The lowest BCUT2D eigenvalue weighted by Crippen LogP contribution is -2.21. The molecule has 0 aliphatic rings. The van der Waals surface area contributed by atoms with Crippen molar-refractivity contribution >= 4 is 0 Å². The van der Waals surface area contributed by atoms with Gasteiger partial charge in [-0.05, 0) is 30.2 Å². The summed E-state index contributed by atoms with van der Waals surface area (Å²) in [6.07, 6.45) is 0.0597. The number of ether oxygens (including phenoxy) is 1. The van der Waals surface area contributed by atoms with Crippen molar-refractivity contribution in [3.05, 3.63) is 65.7 Å². The van der Waals surface area contributed by atoms with Crippen molar-refractivity contribution in [1.82, 2.24) is 5.32 Å². The summed E-state index contributed by atoms with van der Waals surface area (Å²) in [6, 6.07) is 19.1. The standard InChI is InChI=1S/C18H23NO/c1-14(2)19-13-16-8-7-11-18(12-16)20-15(3)17-9-5-4-6-10-17/h4-12,14-15,19H,13H2,1-3H3. The quantitative estimate of drug-likeness (QED) is 0.843. The van der Waals surface area contributed by atoms with Crippen molar-refractivity contribution in [2.24, 2.45) is 0 Å². The van der Waals surface area contributed by atoms with Gasteiger partial charge in [-0.3, -0.25) is 0 Å². The molecule has 2 aromatic rings. The smallest absolute Gasteiger partial charge is 0.121 e. The molecule has 1 atom stereocenters. The minimum atomic E-state index is 0.0597. The normalized spacial score (nSPS) is 12.4. The summed E-state index contributed by atoms with van der Waals surface area (Å²) < 4.78 is 6.02. The van der Waals surface area contributed by atoms with Crippen molar-refractivity contribution in [2.45, 2.75) is 39.5 Å². The summed E-state index contributed by atoms with van der Waals surface area (Å²) in [5, 5.41) is 3.42. The number of benzene rings is 2. The van der Waals surface area contributed by atoms with Gasteiger partial charge < -0.3 is 10.1 Å². The Labute approximate surface area is 121 Å². The van der Waals surface area contributed by atoms with E-state index in [1.165, 1.54) is 11.1 Å². The zero-order valence-corrected chi connectivity index (χ0v) is 12.5. The first-order chi connectivity index (χ1) is 9.65. The van der Waals surface area contributed by atoms with Crippen molar-refractivity contribution in [2.75, 3.05) is 0 Å². The van der Waals surface area contributed by atoms with Crippen LogP contribution in [0.3, 0.4) is 0 Å². The van der Waals surface area contributed by atoms with E-state index in [1.54, 1.807) is 0 Å². The molecule has 2 aromatic carbocycles. The monoisotopic (exact) mass is 269 g/mol. The molecule has 20 heavy (non-hydrogen) atoms. The van der Waals surface area contributed by atoms with Gasteiger partial charge in [0.05, 0.1) is 0 Å². The molecular weight excluding hydrogens is 246 g/mol. The van der Waals surface area contributed by atoms with Crippen molar-refractivity contribution in [3.63, 3.8) is 0 Å². The molecule has 0 spiro atoms. The first-order valence-electron chi connectivity index (χ1n) is 7.19. The summed E-state index contributed by atoms with van der Waals surface area (Å²) in [6.45, 7) is 7.25. The Balaban J connectivity index is 2.00. The highest BCUT2D eigenvalue weighted by atomic mass is 16.5. The fourth-order valence-corrected chi connectivity index (χ4v) is 2.05. The fourth-order valence-electron chi connectivity index (χ4n) is 2.05. The summed E-state index contributed by atoms with van der Waals surface area (Å²) in [5.41, 5.74) is 2.44. The van der Waals surface area contributed by atoms with Crippen LogP contribution in [-0.4, -0.2) is 6.04 Å². The lowest BCUT2D eigenvalue weighted by atomic mass is 10.1. The third-order valence-corrected chi connectivity index (χ3v) is 3.19. The predicted octanol–water partition coefficient (Wildman–Crippen LogP) is 4.32. The van der Waals surface area contributed by atoms with E-state index in [9.17, 15) is 0 Å². The van der Waals surface area contributed by atoms with Crippen LogP contribution in [0, 0.1) is 0 Å². The summed E-state index contributed by atoms with van der Waals surface area (Å²) in [4.78, 5) is 0. The molecule has 0 saturated heterocycles. The van der Waals surface area contributed by atoms with Crippen LogP contribution < -0.4 is 10.1 Å². The number of nitrogens with one attached hydrogen (secondary N) is 1. The van der Waals surface area contributed by atoms with Crippen LogP contribution in [0.2, 0.25) is 0 Å². The van der Waals surface area contributed by atoms with Crippen LogP contribution in [-0.2, 0) is 6.54 Å². The van der Waals surface area contributed by atoms with E-state index in [0.717, 1.165) is 12.3 Å². The second-order valence-electron chi connectivity index (χ2n) is 5.35. The van der Waals surface area contributed by atoms with Crippen molar-refractivity contribution in [1.29, 1.82) is 0 Å². The van der Waals surface area contributed by atoms with Crippen LogP contribution >= 0.6 is 0 Å². The first-order valence-corrected chi connectivity index (χ1v) is 7.19. The Kier molecular flexibility index (Phi) is 5.19. The molecule has 1 N–H and O–H groups in total. The van der Waals surface area contributed by atoms with Gasteiger partial charge in [-0.1, -0.05) is 56.3 Å². The Hall–Kier alpha value is -1.80. The van der Waals surface area contributed by atoms with Crippen LogP contribution in [0.4, 0.5) is 0 Å². The Morgan fingerprint density at radius 2 is 1.70 bits per heavy atom. The highest BCUT2D eigenvalue weighted by Crippen LogP contribution is 2.22. The number of hydrogen-bond acceptors (Lipinski definition) is 2. The molecule has 2 heteroatoms. The van der Waals surface area contributed by atoms with E-state index in [4.69, 9.17) is 4.74 Å². The van der Waals surface area contributed by atoms with Gasteiger partial charge in [0.2, 0.25) is 0 Å². The summed E-state index contributed by atoms with van der Waals surface area (Å²) in [5.74, 6) is 0.921. The van der Waals surface area contributed by atoms with E-state index in [-0.39, 0.29) is 6.10 Å². The van der Waals surface area contributed by atoms with Crippen molar-refractivity contribution < 1.29 is 4.74 Å². The molecule has 0 radical (unpaired) electrons. The molecular formula is C18H23NO. The second kappa shape index (κ2) is 7.11. The molecule has 1 unspecified atom stereocenters. The molecule has 0 bridgehead atoms. The van der Waals surface area contributed by atoms with Gasteiger partial charge in [0.1, 0.15) is 11.9 Å². The number of rotatable bonds is 6. The maximum Gasteiger partial charge on any atom is 0.121 e. The first kappa shape index (κ1) is 14.6. The molecule has 0 aliphatic carbocycles. The van der Waals surface area contributed by atoms with Crippen LogP contribution in [0.1, 0.15) is 38.0 Å². The Morgan fingerprint density at radius 3 is 2.40 bits per heavy atom. The van der Waals surface area contributed by atoms with E-state index in [2.05, 4.69) is 50.4 Å². The average Bonchev–Trinajstić information content (AvgIpc) is 2.46. The Morgan fingerprint density at radius 1 is 0.950 bits per heavy atom. The zero-order chi connectivity index (χ0) is 14.4. The van der Waals surface area contributed by atoms with Gasteiger partial charge >= 0.3 is 0 Å². The molecule has 2 nitrogen and oxygen atoms in total. The van der Waals surface area contributed by atoms with E-state index in [0.29, 0.717) is 6.04 Å². The number of hydrogen-bond donors (Lipinski definition) is 1. The summed E-state index contributed by atoms with van der Waals surface area (Å²) in [7, 11) is 0. The largest absolute Gasteiger partial charge is 0.486 e. The molecule has 0 saturated carbocycles. The molecule has 0 amide bonds. The molecule has 0 aliphatic heterocycles. The predicted molar refractivity (Wildman–Crippen MR) is 83.9 cm³/mol. The van der Waals surface area contributed by atoms with Gasteiger partial charge in [0.15, 0.2) is 0 Å². The maximum atomic E-state index is 6.02. The molecule has 0 aromatic heterocycles. The second-order valence-corrected chi connectivity index (χ2v) is 5.35. The molecule has 0 heterocycles. The average molecular weight is 269 g/mol. The highest BCUT2D eigenvalue weighted by molar-refractivity contribution is 5.29. The topological polar surface area (TPSA) is 21.3 Å². The van der Waals surface area contributed by atoms with Crippen LogP contribution in [0.15, 0.2) is 54.6 Å². The van der Waals surface area contributed by atoms with Crippen molar-refractivity contribution in [3.8, 4) is 5.75 Å². The minimum absolute atomic E-state index is 0.0597. The van der Waals surface area contributed by atoms with Gasteiger partial charge in [-0.2, -0.15) is 0 Å². The van der Waals surface area contributed by atoms with Gasteiger partial charge in [-0.15, -0.1) is 0 Å². The van der Waals surface area contributed by atoms with Crippen LogP contribution in [0.25, 0.3) is 0 Å². The summed E-state index contributed by atoms with van der Waals surface area (Å²) >= 11 is 0. The van der Waals surface area contributed by atoms with Gasteiger partial charge in [-0.25, -0.2) is 0 Å². The SMILES string of the molecule is CC(C)NCc1cccc(OC(C)c2ccccc2)c1. The van der Waals surface area contributed by atoms with Crippen LogP contribution in [0.5, 0.6) is 5.75 Å². The van der Waals surface area contributed by atoms with Gasteiger partial charge in [0.25, 0.3) is 0 Å². The lowest BCUT2D eigenvalue weighted by molar-refractivity contribution is 0.226. The highest BCUT2D eigenvalue weighted by Gasteiger charge is 2.07. The maximum absolute atomic E-state index is 6.02. The minimum Gasteiger partial charge on any atom is -0.486 e. The molecule has 2 rings (SSSR count). The van der Waals surface area contributed by atoms with E-state index < -0.39 is 0 Å². The Bertz CT molecular complexity index is 522. The zero-order valence-electron chi connectivity index (χ0n) is 12.5. The van der Waals surface area contributed by atoms with E-state index in [1.807, 2.05) is 30.3 Å². The third-order valence-electron chi connectivity index (χ3n) is 3.19. The van der Waals surface area contributed by atoms with E-state index >= 15 is 0 Å². The third kappa shape index (κ3) is 4.39.